The molecule has 1 fully saturated rings. The standard InChI is InChI=1S/C18H27N3O5S/c1-3-27(24,25)20-16-6-4-15(5-7-16)18(23)21-11-8-14(9-12-21)17(22)19-10-13-26-2/h4-7,14,20H,3,8-13H2,1-2H3,(H,19,22). The number of benzene rings is 1. The summed E-state index contributed by atoms with van der Waals surface area (Å²) in [6.45, 7) is 3.56. The quantitative estimate of drug-likeness (QED) is 0.638. The van der Waals surface area contributed by atoms with Crippen molar-refractivity contribution in [3.05, 3.63) is 29.8 Å². The zero-order valence-electron chi connectivity index (χ0n) is 15.7. The molecule has 0 atom stereocenters. The van der Waals surface area contributed by atoms with Crippen LogP contribution in [0.5, 0.6) is 0 Å². The van der Waals surface area contributed by atoms with Gasteiger partial charge in [-0.15, -0.1) is 0 Å². The van der Waals surface area contributed by atoms with Gasteiger partial charge in [0, 0.05) is 43.9 Å². The van der Waals surface area contributed by atoms with Crippen LogP contribution in [0, 0.1) is 5.92 Å². The molecule has 0 unspecified atom stereocenters. The Kier molecular flexibility index (Phi) is 7.61. The van der Waals surface area contributed by atoms with E-state index in [2.05, 4.69) is 10.0 Å². The highest BCUT2D eigenvalue weighted by atomic mass is 32.2. The van der Waals surface area contributed by atoms with Crippen molar-refractivity contribution in [2.75, 3.05) is 43.8 Å². The number of sulfonamides is 1. The summed E-state index contributed by atoms with van der Waals surface area (Å²) in [5.41, 5.74) is 0.928. The molecule has 1 aromatic rings. The number of hydrogen-bond donors (Lipinski definition) is 2. The first-order valence-electron chi connectivity index (χ1n) is 9.02. The van der Waals surface area contributed by atoms with Crippen LogP contribution in [-0.4, -0.2) is 64.2 Å². The van der Waals surface area contributed by atoms with Crippen molar-refractivity contribution in [1.82, 2.24) is 10.2 Å². The number of amides is 2. The van der Waals surface area contributed by atoms with Gasteiger partial charge in [0.25, 0.3) is 5.91 Å². The average Bonchev–Trinajstić information content (AvgIpc) is 2.68. The molecule has 0 spiro atoms. The molecular formula is C18H27N3O5S. The molecule has 0 aromatic heterocycles. The lowest BCUT2D eigenvalue weighted by molar-refractivity contribution is -0.126. The van der Waals surface area contributed by atoms with E-state index in [9.17, 15) is 18.0 Å². The molecule has 1 aliphatic heterocycles. The van der Waals surface area contributed by atoms with E-state index < -0.39 is 10.0 Å². The van der Waals surface area contributed by atoms with E-state index in [0.717, 1.165) is 0 Å². The third-order valence-electron chi connectivity index (χ3n) is 4.54. The molecule has 27 heavy (non-hydrogen) atoms. The first-order chi connectivity index (χ1) is 12.9. The third kappa shape index (κ3) is 6.21. The van der Waals surface area contributed by atoms with Crippen molar-refractivity contribution in [1.29, 1.82) is 0 Å². The van der Waals surface area contributed by atoms with Gasteiger partial charge in [0.15, 0.2) is 0 Å². The minimum Gasteiger partial charge on any atom is -0.383 e. The molecule has 1 saturated heterocycles. The number of likely N-dealkylation sites (tertiary alicyclic amines) is 1. The molecule has 0 aliphatic carbocycles. The predicted molar refractivity (Wildman–Crippen MR) is 103 cm³/mol. The Morgan fingerprint density at radius 2 is 1.81 bits per heavy atom. The number of anilines is 1. The zero-order valence-corrected chi connectivity index (χ0v) is 16.5. The molecule has 0 bridgehead atoms. The van der Waals surface area contributed by atoms with E-state index in [1.54, 1.807) is 43.2 Å². The smallest absolute Gasteiger partial charge is 0.253 e. The lowest BCUT2D eigenvalue weighted by Gasteiger charge is -2.31. The van der Waals surface area contributed by atoms with Crippen LogP contribution in [0.4, 0.5) is 5.69 Å². The Hall–Kier alpha value is -2.13. The van der Waals surface area contributed by atoms with Gasteiger partial charge in [-0.25, -0.2) is 8.42 Å². The van der Waals surface area contributed by atoms with Crippen LogP contribution in [0.2, 0.25) is 0 Å². The first kappa shape index (κ1) is 21.2. The maximum Gasteiger partial charge on any atom is 0.253 e. The highest BCUT2D eigenvalue weighted by molar-refractivity contribution is 7.92. The molecule has 1 heterocycles. The molecule has 2 amide bonds. The number of nitrogens with zero attached hydrogens (tertiary/aromatic N) is 1. The van der Waals surface area contributed by atoms with Gasteiger partial charge in [0.2, 0.25) is 15.9 Å². The molecule has 1 aliphatic rings. The second-order valence-corrected chi connectivity index (χ2v) is 8.44. The Balaban J connectivity index is 1.87. The second-order valence-electron chi connectivity index (χ2n) is 6.43. The SMILES string of the molecule is CCS(=O)(=O)Nc1ccc(C(=O)N2CCC(C(=O)NCCOC)CC2)cc1. The Morgan fingerprint density at radius 3 is 2.37 bits per heavy atom. The van der Waals surface area contributed by atoms with Crippen LogP contribution >= 0.6 is 0 Å². The van der Waals surface area contributed by atoms with Gasteiger partial charge in [0.1, 0.15) is 0 Å². The fraction of sp³-hybridized carbons (Fsp3) is 0.556. The summed E-state index contributed by atoms with van der Waals surface area (Å²) >= 11 is 0. The van der Waals surface area contributed by atoms with Gasteiger partial charge in [0.05, 0.1) is 12.4 Å². The minimum absolute atomic E-state index is 0.00621. The van der Waals surface area contributed by atoms with Gasteiger partial charge in [-0.2, -0.15) is 0 Å². The summed E-state index contributed by atoms with van der Waals surface area (Å²) < 4.78 is 30.5. The van der Waals surface area contributed by atoms with Gasteiger partial charge in [-0.1, -0.05) is 0 Å². The van der Waals surface area contributed by atoms with E-state index in [1.165, 1.54) is 0 Å². The molecule has 1 aromatic carbocycles. The molecule has 8 nitrogen and oxygen atoms in total. The number of methoxy groups -OCH3 is 1. The highest BCUT2D eigenvalue weighted by Gasteiger charge is 2.27. The van der Waals surface area contributed by atoms with Gasteiger partial charge >= 0.3 is 0 Å². The Morgan fingerprint density at radius 1 is 1.19 bits per heavy atom. The summed E-state index contributed by atoms with van der Waals surface area (Å²) in [5, 5.41) is 2.84. The second kappa shape index (κ2) is 9.70. The van der Waals surface area contributed by atoms with Crippen molar-refractivity contribution in [2.24, 2.45) is 5.92 Å². The number of carbonyl (C=O) groups excluding carboxylic acids is 2. The maximum absolute atomic E-state index is 12.6. The lowest BCUT2D eigenvalue weighted by Crippen LogP contribution is -2.43. The fourth-order valence-electron chi connectivity index (χ4n) is 2.88. The third-order valence-corrected chi connectivity index (χ3v) is 5.85. The summed E-state index contributed by atoms with van der Waals surface area (Å²) in [4.78, 5) is 26.4. The van der Waals surface area contributed by atoms with E-state index in [1.807, 2.05) is 0 Å². The highest BCUT2D eigenvalue weighted by Crippen LogP contribution is 2.20. The summed E-state index contributed by atoms with van der Waals surface area (Å²) in [6.07, 6.45) is 1.25. The zero-order chi connectivity index (χ0) is 19.9. The molecule has 0 radical (unpaired) electrons. The van der Waals surface area contributed by atoms with Crippen LogP contribution in [0.1, 0.15) is 30.1 Å². The first-order valence-corrected chi connectivity index (χ1v) is 10.7. The van der Waals surface area contributed by atoms with E-state index in [-0.39, 0.29) is 23.5 Å². The van der Waals surface area contributed by atoms with E-state index in [0.29, 0.717) is 50.3 Å². The number of ether oxygens (including phenoxy) is 1. The molecular weight excluding hydrogens is 370 g/mol. The van der Waals surface area contributed by atoms with Gasteiger partial charge in [-0.3, -0.25) is 14.3 Å². The number of rotatable bonds is 8. The number of piperidine rings is 1. The number of carbonyl (C=O) groups is 2. The maximum atomic E-state index is 12.6. The van der Waals surface area contributed by atoms with Crippen molar-refractivity contribution in [2.45, 2.75) is 19.8 Å². The van der Waals surface area contributed by atoms with Gasteiger partial charge in [-0.05, 0) is 44.0 Å². The summed E-state index contributed by atoms with van der Waals surface area (Å²) in [5.74, 6) is -0.205. The largest absolute Gasteiger partial charge is 0.383 e. The summed E-state index contributed by atoms with van der Waals surface area (Å²) in [7, 11) is -1.76. The lowest BCUT2D eigenvalue weighted by atomic mass is 9.95. The van der Waals surface area contributed by atoms with Crippen molar-refractivity contribution in [3.63, 3.8) is 0 Å². The molecule has 9 heteroatoms. The number of hydrogen-bond acceptors (Lipinski definition) is 5. The van der Waals surface area contributed by atoms with Crippen LogP contribution in [0.15, 0.2) is 24.3 Å². The molecule has 2 rings (SSSR count). The number of nitrogens with one attached hydrogen (secondary N) is 2. The van der Waals surface area contributed by atoms with Crippen LogP contribution in [0.3, 0.4) is 0 Å². The van der Waals surface area contributed by atoms with E-state index >= 15 is 0 Å². The molecule has 0 saturated carbocycles. The summed E-state index contributed by atoms with van der Waals surface area (Å²) in [6, 6.07) is 6.38. The normalized spacial score (nSPS) is 15.4. The van der Waals surface area contributed by atoms with Crippen molar-refractivity contribution >= 4 is 27.5 Å². The van der Waals surface area contributed by atoms with Crippen LogP contribution < -0.4 is 10.0 Å². The minimum atomic E-state index is -3.34. The van der Waals surface area contributed by atoms with Crippen molar-refractivity contribution in [3.8, 4) is 0 Å². The molecule has 2 N–H and O–H groups in total. The van der Waals surface area contributed by atoms with Crippen LogP contribution in [-0.2, 0) is 19.6 Å². The fourth-order valence-corrected chi connectivity index (χ4v) is 3.52. The van der Waals surface area contributed by atoms with Crippen molar-refractivity contribution < 1.29 is 22.7 Å². The Labute approximate surface area is 160 Å². The Bertz CT molecular complexity index is 741. The molecule has 150 valence electrons. The van der Waals surface area contributed by atoms with Gasteiger partial charge < -0.3 is 15.0 Å². The van der Waals surface area contributed by atoms with E-state index in [4.69, 9.17) is 4.74 Å². The topological polar surface area (TPSA) is 105 Å². The van der Waals surface area contributed by atoms with Crippen LogP contribution in [0.25, 0.3) is 0 Å². The monoisotopic (exact) mass is 397 g/mol. The predicted octanol–water partition coefficient (Wildman–Crippen LogP) is 1.06. The average molecular weight is 397 g/mol.